The second kappa shape index (κ2) is 9.77. The molecule has 0 bridgehead atoms. The maximum absolute atomic E-state index is 5.53. The van der Waals surface area contributed by atoms with Gasteiger partial charge in [0.15, 0.2) is 0 Å². The van der Waals surface area contributed by atoms with E-state index in [2.05, 4.69) is 19.2 Å². The average molecular weight is 251 g/mol. The van der Waals surface area contributed by atoms with Gasteiger partial charge in [-0.3, -0.25) is 0 Å². The Morgan fingerprint density at radius 1 is 0.944 bits per heavy atom. The molecule has 0 saturated carbocycles. The van der Waals surface area contributed by atoms with E-state index in [1.807, 2.05) is 24.3 Å². The van der Waals surface area contributed by atoms with Crippen LogP contribution in [0.4, 0.5) is 5.69 Å². The van der Waals surface area contributed by atoms with Gasteiger partial charge in [-0.15, -0.1) is 0 Å². The summed E-state index contributed by atoms with van der Waals surface area (Å²) in [4.78, 5) is 0. The molecule has 3 nitrogen and oxygen atoms in total. The molecule has 0 aromatic heterocycles. The predicted octanol–water partition coefficient (Wildman–Crippen LogP) is 3.70. The van der Waals surface area contributed by atoms with Crippen molar-refractivity contribution in [1.29, 1.82) is 0 Å². The number of ether oxygens (including phenoxy) is 2. The highest BCUT2D eigenvalue weighted by molar-refractivity contribution is 5.46. The normalized spacial score (nSPS) is 10.3. The van der Waals surface area contributed by atoms with Crippen LogP contribution in [-0.2, 0) is 4.74 Å². The topological polar surface area (TPSA) is 30.5 Å². The molecule has 1 aromatic carbocycles. The molecule has 0 radical (unpaired) electrons. The van der Waals surface area contributed by atoms with Crippen molar-refractivity contribution >= 4 is 5.69 Å². The van der Waals surface area contributed by atoms with E-state index in [4.69, 9.17) is 9.47 Å². The Labute approximate surface area is 110 Å². The van der Waals surface area contributed by atoms with Crippen LogP contribution < -0.4 is 10.1 Å². The van der Waals surface area contributed by atoms with Crippen LogP contribution in [0.3, 0.4) is 0 Å². The summed E-state index contributed by atoms with van der Waals surface area (Å²) in [6.07, 6.45) is 3.37. The van der Waals surface area contributed by atoms with Crippen molar-refractivity contribution in [2.75, 3.05) is 31.7 Å². The lowest BCUT2D eigenvalue weighted by molar-refractivity contribution is 0.141. The first-order valence-corrected chi connectivity index (χ1v) is 6.91. The van der Waals surface area contributed by atoms with Gasteiger partial charge in [0.1, 0.15) is 5.75 Å². The minimum absolute atomic E-state index is 0.758. The molecule has 0 fully saturated rings. The fourth-order valence-electron chi connectivity index (χ4n) is 1.50. The number of rotatable bonds is 10. The van der Waals surface area contributed by atoms with Crippen molar-refractivity contribution in [3.8, 4) is 5.75 Å². The quantitative estimate of drug-likeness (QED) is 0.643. The molecule has 0 atom stereocenters. The molecule has 102 valence electrons. The van der Waals surface area contributed by atoms with Gasteiger partial charge in [0.25, 0.3) is 0 Å². The second-order valence-electron chi connectivity index (χ2n) is 4.27. The molecule has 0 aliphatic heterocycles. The van der Waals surface area contributed by atoms with Gasteiger partial charge in [0.2, 0.25) is 0 Å². The van der Waals surface area contributed by atoms with E-state index in [9.17, 15) is 0 Å². The SMILES string of the molecule is CCCCOCCNc1ccc(OCCC)cc1. The summed E-state index contributed by atoms with van der Waals surface area (Å²) in [7, 11) is 0. The fourth-order valence-corrected chi connectivity index (χ4v) is 1.50. The highest BCUT2D eigenvalue weighted by atomic mass is 16.5. The third-order valence-electron chi connectivity index (χ3n) is 2.54. The van der Waals surface area contributed by atoms with Crippen LogP contribution in [-0.4, -0.2) is 26.4 Å². The highest BCUT2D eigenvalue weighted by Crippen LogP contribution is 2.15. The van der Waals surface area contributed by atoms with Crippen molar-refractivity contribution in [1.82, 2.24) is 0 Å². The van der Waals surface area contributed by atoms with E-state index < -0.39 is 0 Å². The lowest BCUT2D eigenvalue weighted by Crippen LogP contribution is -2.09. The molecule has 18 heavy (non-hydrogen) atoms. The molecular formula is C15H25NO2. The summed E-state index contributed by atoms with van der Waals surface area (Å²) in [5, 5.41) is 3.32. The Morgan fingerprint density at radius 2 is 1.72 bits per heavy atom. The van der Waals surface area contributed by atoms with E-state index in [0.29, 0.717) is 0 Å². The average Bonchev–Trinajstić information content (AvgIpc) is 2.42. The number of nitrogens with one attached hydrogen (secondary N) is 1. The minimum Gasteiger partial charge on any atom is -0.494 e. The molecular weight excluding hydrogens is 226 g/mol. The molecule has 3 heteroatoms. The number of anilines is 1. The fraction of sp³-hybridized carbons (Fsp3) is 0.600. The van der Waals surface area contributed by atoms with Gasteiger partial charge in [-0.05, 0) is 37.1 Å². The van der Waals surface area contributed by atoms with E-state index >= 15 is 0 Å². The van der Waals surface area contributed by atoms with Gasteiger partial charge < -0.3 is 14.8 Å². The standard InChI is InChI=1S/C15H25NO2/c1-3-5-12-17-13-10-16-14-6-8-15(9-7-14)18-11-4-2/h6-9,16H,3-5,10-13H2,1-2H3. The van der Waals surface area contributed by atoms with Crippen LogP contribution in [0.2, 0.25) is 0 Å². The molecule has 0 aliphatic carbocycles. The molecule has 0 spiro atoms. The van der Waals surface area contributed by atoms with Crippen molar-refractivity contribution in [3.05, 3.63) is 24.3 Å². The van der Waals surface area contributed by atoms with Crippen molar-refractivity contribution in [2.45, 2.75) is 33.1 Å². The largest absolute Gasteiger partial charge is 0.494 e. The Balaban J connectivity index is 2.14. The van der Waals surface area contributed by atoms with E-state index in [0.717, 1.165) is 50.6 Å². The number of hydrogen-bond acceptors (Lipinski definition) is 3. The summed E-state index contributed by atoms with van der Waals surface area (Å²) < 4.78 is 11.0. The number of hydrogen-bond donors (Lipinski definition) is 1. The third-order valence-corrected chi connectivity index (χ3v) is 2.54. The molecule has 1 rings (SSSR count). The minimum atomic E-state index is 0.758. The molecule has 0 unspecified atom stereocenters. The van der Waals surface area contributed by atoms with Crippen LogP contribution in [0.5, 0.6) is 5.75 Å². The van der Waals surface area contributed by atoms with Crippen molar-refractivity contribution in [2.24, 2.45) is 0 Å². The molecule has 0 aliphatic rings. The smallest absolute Gasteiger partial charge is 0.119 e. The van der Waals surface area contributed by atoms with Crippen molar-refractivity contribution in [3.63, 3.8) is 0 Å². The Morgan fingerprint density at radius 3 is 2.39 bits per heavy atom. The summed E-state index contributed by atoms with van der Waals surface area (Å²) in [5.41, 5.74) is 1.11. The number of benzene rings is 1. The lowest BCUT2D eigenvalue weighted by Gasteiger charge is -2.08. The van der Waals surface area contributed by atoms with Crippen LogP contribution in [0.1, 0.15) is 33.1 Å². The van der Waals surface area contributed by atoms with Gasteiger partial charge in [-0.2, -0.15) is 0 Å². The zero-order chi connectivity index (χ0) is 13.1. The summed E-state index contributed by atoms with van der Waals surface area (Å²) >= 11 is 0. The maximum atomic E-state index is 5.53. The van der Waals surface area contributed by atoms with Gasteiger partial charge in [0.05, 0.1) is 13.2 Å². The monoisotopic (exact) mass is 251 g/mol. The molecule has 1 aromatic rings. The zero-order valence-electron chi connectivity index (χ0n) is 11.6. The molecule has 0 saturated heterocycles. The Bertz CT molecular complexity index is 298. The van der Waals surface area contributed by atoms with Crippen molar-refractivity contribution < 1.29 is 9.47 Å². The van der Waals surface area contributed by atoms with Gasteiger partial charge in [-0.1, -0.05) is 20.3 Å². The van der Waals surface area contributed by atoms with E-state index in [1.54, 1.807) is 0 Å². The summed E-state index contributed by atoms with van der Waals surface area (Å²) in [5.74, 6) is 0.932. The van der Waals surface area contributed by atoms with Gasteiger partial charge in [0, 0.05) is 18.8 Å². The first-order valence-electron chi connectivity index (χ1n) is 6.91. The summed E-state index contributed by atoms with van der Waals surface area (Å²) in [6.45, 7) is 7.52. The highest BCUT2D eigenvalue weighted by Gasteiger charge is 1.95. The first-order chi connectivity index (χ1) is 8.86. The van der Waals surface area contributed by atoms with Gasteiger partial charge >= 0.3 is 0 Å². The lowest BCUT2D eigenvalue weighted by atomic mass is 10.3. The second-order valence-corrected chi connectivity index (χ2v) is 4.27. The summed E-state index contributed by atoms with van der Waals surface area (Å²) in [6, 6.07) is 8.07. The number of unbranched alkanes of at least 4 members (excludes halogenated alkanes) is 1. The molecule has 1 N–H and O–H groups in total. The Hall–Kier alpha value is -1.22. The van der Waals surface area contributed by atoms with Crippen LogP contribution >= 0.6 is 0 Å². The van der Waals surface area contributed by atoms with Crippen LogP contribution in [0, 0.1) is 0 Å². The Kier molecular flexibility index (Phi) is 8.06. The third kappa shape index (κ3) is 6.50. The van der Waals surface area contributed by atoms with E-state index in [-0.39, 0.29) is 0 Å². The molecule has 0 amide bonds. The van der Waals surface area contributed by atoms with Crippen LogP contribution in [0.25, 0.3) is 0 Å². The zero-order valence-corrected chi connectivity index (χ0v) is 11.6. The maximum Gasteiger partial charge on any atom is 0.119 e. The van der Waals surface area contributed by atoms with Gasteiger partial charge in [-0.25, -0.2) is 0 Å². The molecule has 0 heterocycles. The van der Waals surface area contributed by atoms with E-state index in [1.165, 1.54) is 6.42 Å². The predicted molar refractivity (Wildman–Crippen MR) is 76.4 cm³/mol. The van der Waals surface area contributed by atoms with Crippen LogP contribution in [0.15, 0.2) is 24.3 Å². The first kappa shape index (κ1) is 14.8.